The summed E-state index contributed by atoms with van der Waals surface area (Å²) in [6.45, 7) is 3.40. The average molecular weight is 470 g/mol. The molecule has 0 amide bonds. The van der Waals surface area contributed by atoms with Gasteiger partial charge in [-0.25, -0.2) is 4.79 Å². The Hall–Kier alpha value is -1.96. The maximum atomic E-state index is 12.2. The van der Waals surface area contributed by atoms with E-state index in [4.69, 9.17) is 16.3 Å². The fourth-order valence-corrected chi connectivity index (χ4v) is 3.99. The summed E-state index contributed by atoms with van der Waals surface area (Å²) in [5.74, 6) is -0.702. The molecule has 3 N–H and O–H groups in total. The number of nitrogens with zero attached hydrogens (tertiary/aromatic N) is 1. The zero-order valence-electron chi connectivity index (χ0n) is 15.3. The van der Waals surface area contributed by atoms with Crippen LogP contribution in [0.15, 0.2) is 34.8 Å². The Balaban J connectivity index is 1.56. The fraction of sp³-hybridized carbons (Fsp3) is 0.350. The molecule has 0 spiro atoms. The molecular formula is C20H22BrClN2O4. The largest absolute Gasteiger partial charge is 0.507 e. The number of aromatic hydroxyl groups is 2. The Labute approximate surface area is 177 Å². The quantitative estimate of drug-likeness (QED) is 0.522. The number of carbonyl (C=O) groups excluding carboxylic acids is 1. The van der Waals surface area contributed by atoms with Crippen LogP contribution < -0.4 is 5.32 Å². The average Bonchev–Trinajstić information content (AvgIpc) is 3.17. The van der Waals surface area contributed by atoms with E-state index < -0.39 is 5.97 Å². The van der Waals surface area contributed by atoms with Gasteiger partial charge in [0.25, 0.3) is 0 Å². The maximum Gasteiger partial charge on any atom is 0.341 e. The lowest BCUT2D eigenvalue weighted by molar-refractivity contribution is 0.0469. The number of anilines is 1. The molecule has 3 rings (SSSR count). The zero-order chi connectivity index (χ0) is 20.1. The van der Waals surface area contributed by atoms with Crippen molar-refractivity contribution >= 4 is 39.2 Å². The van der Waals surface area contributed by atoms with Crippen LogP contribution in [0.5, 0.6) is 11.5 Å². The number of halogens is 2. The number of rotatable bonds is 7. The molecule has 0 atom stereocenters. The number of phenolic OH excluding ortho intramolecular Hbond substituents is 2. The van der Waals surface area contributed by atoms with Gasteiger partial charge < -0.3 is 20.3 Å². The van der Waals surface area contributed by atoms with Crippen molar-refractivity contribution in [2.45, 2.75) is 19.4 Å². The molecule has 28 heavy (non-hydrogen) atoms. The van der Waals surface area contributed by atoms with Crippen LogP contribution in [0.1, 0.15) is 28.8 Å². The molecule has 1 saturated heterocycles. The van der Waals surface area contributed by atoms with Crippen LogP contribution in [0, 0.1) is 0 Å². The van der Waals surface area contributed by atoms with Crippen LogP contribution in [0.25, 0.3) is 0 Å². The molecule has 150 valence electrons. The normalized spacial score (nSPS) is 14.2. The van der Waals surface area contributed by atoms with Gasteiger partial charge in [0.15, 0.2) is 0 Å². The number of hydrogen-bond acceptors (Lipinski definition) is 6. The number of hydrogen-bond donors (Lipinski definition) is 3. The van der Waals surface area contributed by atoms with Crippen molar-refractivity contribution in [2.24, 2.45) is 0 Å². The number of nitrogens with one attached hydrogen (secondary N) is 1. The molecule has 8 heteroatoms. The van der Waals surface area contributed by atoms with E-state index in [0.29, 0.717) is 30.9 Å². The number of likely N-dealkylation sites (tertiary alicyclic amines) is 1. The highest BCUT2D eigenvalue weighted by Gasteiger charge is 2.16. The summed E-state index contributed by atoms with van der Waals surface area (Å²) >= 11 is 9.30. The Morgan fingerprint density at radius 1 is 1.21 bits per heavy atom. The van der Waals surface area contributed by atoms with Crippen LogP contribution in [0.2, 0.25) is 5.02 Å². The second kappa shape index (κ2) is 9.49. The van der Waals surface area contributed by atoms with E-state index in [1.807, 2.05) is 0 Å². The van der Waals surface area contributed by atoms with Crippen molar-refractivity contribution in [2.75, 3.05) is 31.6 Å². The van der Waals surface area contributed by atoms with Crippen molar-refractivity contribution in [1.82, 2.24) is 4.90 Å². The van der Waals surface area contributed by atoms with Crippen molar-refractivity contribution in [1.29, 1.82) is 0 Å². The third-order valence-corrected chi connectivity index (χ3v) is 5.39. The molecule has 2 aromatic carbocycles. The third-order valence-electron chi connectivity index (χ3n) is 4.65. The Bertz CT molecular complexity index is 856. The standard InChI is InChI=1S/C20H22BrClN2O4/c21-14-9-13(19(26)17(22)10-14)12-23-15-3-4-16(18(25)11-15)20(27)28-8-7-24-5-1-2-6-24/h3-4,9-11,23,25-26H,1-2,5-8,12H2. The summed E-state index contributed by atoms with van der Waals surface area (Å²) in [6, 6.07) is 8.00. The SMILES string of the molecule is O=C(OCCN1CCCC1)c1ccc(NCc2cc(Br)cc(Cl)c2O)cc1O. The molecule has 1 heterocycles. The molecule has 6 nitrogen and oxygen atoms in total. The number of carbonyl (C=O) groups is 1. The minimum Gasteiger partial charge on any atom is -0.507 e. The van der Waals surface area contributed by atoms with Gasteiger partial charge in [0.2, 0.25) is 0 Å². The third kappa shape index (κ3) is 5.31. The smallest absolute Gasteiger partial charge is 0.341 e. The monoisotopic (exact) mass is 468 g/mol. The molecule has 1 fully saturated rings. The Kier molecular flexibility index (Phi) is 7.04. The number of ether oxygens (including phenoxy) is 1. The Morgan fingerprint density at radius 3 is 2.68 bits per heavy atom. The van der Waals surface area contributed by atoms with Gasteiger partial charge in [-0.1, -0.05) is 27.5 Å². The van der Waals surface area contributed by atoms with Gasteiger partial charge in [0.05, 0.1) is 5.02 Å². The van der Waals surface area contributed by atoms with Gasteiger partial charge in [-0.3, -0.25) is 4.90 Å². The lowest BCUT2D eigenvalue weighted by Gasteiger charge is -2.15. The van der Waals surface area contributed by atoms with Crippen LogP contribution in [-0.4, -0.2) is 47.3 Å². The molecule has 1 aliphatic heterocycles. The fourth-order valence-electron chi connectivity index (χ4n) is 3.12. The minimum absolute atomic E-state index is 0.000195. The summed E-state index contributed by atoms with van der Waals surface area (Å²) < 4.78 is 6.02. The highest BCUT2D eigenvalue weighted by Crippen LogP contribution is 2.32. The molecule has 0 unspecified atom stereocenters. The number of phenols is 2. The highest BCUT2D eigenvalue weighted by molar-refractivity contribution is 9.10. The molecule has 0 radical (unpaired) electrons. The second-order valence-corrected chi connectivity index (χ2v) is 7.99. The molecule has 0 aliphatic carbocycles. The lowest BCUT2D eigenvalue weighted by atomic mass is 10.1. The Morgan fingerprint density at radius 2 is 1.96 bits per heavy atom. The van der Waals surface area contributed by atoms with Gasteiger partial charge in [0, 0.05) is 34.9 Å². The predicted molar refractivity (Wildman–Crippen MR) is 112 cm³/mol. The van der Waals surface area contributed by atoms with Crippen LogP contribution in [-0.2, 0) is 11.3 Å². The van der Waals surface area contributed by atoms with Crippen molar-refractivity contribution in [3.8, 4) is 11.5 Å². The van der Waals surface area contributed by atoms with Gasteiger partial charge in [-0.05, 0) is 50.2 Å². The van der Waals surface area contributed by atoms with Gasteiger partial charge in [-0.15, -0.1) is 0 Å². The minimum atomic E-state index is -0.542. The summed E-state index contributed by atoms with van der Waals surface area (Å²) in [5.41, 5.74) is 1.33. The van der Waals surface area contributed by atoms with E-state index in [-0.39, 0.29) is 22.1 Å². The van der Waals surface area contributed by atoms with E-state index in [1.165, 1.54) is 25.0 Å². The number of esters is 1. The first-order valence-corrected chi connectivity index (χ1v) is 10.2. The first kappa shape index (κ1) is 20.8. The van der Waals surface area contributed by atoms with Gasteiger partial charge in [0.1, 0.15) is 23.7 Å². The molecule has 2 aromatic rings. The van der Waals surface area contributed by atoms with Crippen LogP contribution >= 0.6 is 27.5 Å². The van der Waals surface area contributed by atoms with E-state index in [2.05, 4.69) is 26.1 Å². The van der Waals surface area contributed by atoms with E-state index in [0.717, 1.165) is 17.6 Å². The first-order valence-electron chi connectivity index (χ1n) is 9.07. The highest BCUT2D eigenvalue weighted by atomic mass is 79.9. The molecule has 0 saturated carbocycles. The summed E-state index contributed by atoms with van der Waals surface area (Å²) in [6.07, 6.45) is 2.38. The summed E-state index contributed by atoms with van der Waals surface area (Å²) in [4.78, 5) is 14.4. The van der Waals surface area contributed by atoms with Crippen LogP contribution in [0.4, 0.5) is 5.69 Å². The van der Waals surface area contributed by atoms with E-state index in [1.54, 1.807) is 18.2 Å². The van der Waals surface area contributed by atoms with E-state index >= 15 is 0 Å². The molecular weight excluding hydrogens is 448 g/mol. The molecule has 1 aliphatic rings. The van der Waals surface area contributed by atoms with Crippen molar-refractivity contribution < 1.29 is 19.7 Å². The molecule has 0 bridgehead atoms. The topological polar surface area (TPSA) is 82.0 Å². The summed E-state index contributed by atoms with van der Waals surface area (Å²) in [5, 5.41) is 23.5. The maximum absolute atomic E-state index is 12.2. The van der Waals surface area contributed by atoms with E-state index in [9.17, 15) is 15.0 Å². The second-order valence-electron chi connectivity index (χ2n) is 6.67. The summed E-state index contributed by atoms with van der Waals surface area (Å²) in [7, 11) is 0. The van der Waals surface area contributed by atoms with Crippen molar-refractivity contribution in [3.63, 3.8) is 0 Å². The number of benzene rings is 2. The predicted octanol–water partition coefficient (Wildman–Crippen LogP) is 4.38. The first-order chi connectivity index (χ1) is 13.4. The molecule has 0 aromatic heterocycles. The zero-order valence-corrected chi connectivity index (χ0v) is 17.6. The van der Waals surface area contributed by atoms with Crippen LogP contribution in [0.3, 0.4) is 0 Å². The van der Waals surface area contributed by atoms with Crippen molar-refractivity contribution in [3.05, 3.63) is 51.0 Å². The van der Waals surface area contributed by atoms with Gasteiger partial charge >= 0.3 is 5.97 Å². The van der Waals surface area contributed by atoms with Gasteiger partial charge in [-0.2, -0.15) is 0 Å². The lowest BCUT2D eigenvalue weighted by Crippen LogP contribution is -2.25.